The SMILES string of the molecule is CCCCOC(=O)c1ccc([C@@H](Oc2cc(N3CCC4(CC3)CN[C@H](C(=O)O)C4)nc(N)n2)C(F)(F)F)c(-n2ccc(C)n2)c1. The average Bonchev–Trinajstić information content (AvgIpc) is 3.62. The first-order valence-electron chi connectivity index (χ1n) is 14.8. The maximum atomic E-state index is 14.7. The predicted octanol–water partition coefficient (Wildman–Crippen LogP) is 4.23. The highest BCUT2D eigenvalue weighted by atomic mass is 19.4. The number of aliphatic carboxylic acids is 1. The molecule has 242 valence electrons. The minimum atomic E-state index is -4.90. The second-order valence-corrected chi connectivity index (χ2v) is 11.6. The number of aryl methyl sites for hydroxylation is 1. The normalized spacial score (nSPS) is 18.6. The van der Waals surface area contributed by atoms with E-state index in [1.165, 1.54) is 35.1 Å². The molecule has 2 aliphatic rings. The smallest absolute Gasteiger partial charge is 0.429 e. The van der Waals surface area contributed by atoms with E-state index in [1.807, 2.05) is 11.8 Å². The zero-order chi connectivity index (χ0) is 32.4. The third kappa shape index (κ3) is 7.30. The number of esters is 1. The fourth-order valence-corrected chi connectivity index (χ4v) is 5.80. The number of benzene rings is 1. The first-order valence-corrected chi connectivity index (χ1v) is 14.8. The molecule has 2 aliphatic heterocycles. The molecule has 0 amide bonds. The van der Waals surface area contributed by atoms with Gasteiger partial charge in [-0.2, -0.15) is 28.2 Å². The lowest BCUT2D eigenvalue weighted by Gasteiger charge is -2.39. The van der Waals surface area contributed by atoms with Crippen molar-refractivity contribution in [1.29, 1.82) is 0 Å². The predicted molar refractivity (Wildman–Crippen MR) is 157 cm³/mol. The summed E-state index contributed by atoms with van der Waals surface area (Å²) in [6.45, 7) is 5.42. The number of aromatic nitrogens is 4. The number of halogens is 3. The lowest BCUT2D eigenvalue weighted by atomic mass is 9.76. The first kappa shape index (κ1) is 32.0. The van der Waals surface area contributed by atoms with Crippen molar-refractivity contribution in [1.82, 2.24) is 25.1 Å². The standard InChI is InChI=1S/C30H36F3N7O5/c1-3-4-13-44-27(43)19-5-6-20(22(14-19)40-10-7-18(2)38-40)25(30(31,32)33)45-24-15-23(36-28(34)37-24)39-11-8-29(9-12-39)16-21(26(41)42)35-17-29/h5-7,10,14-15,21,25,35H,3-4,8-9,11-13,16-17H2,1-2H3,(H,41,42)(H2,34,36,37)/t21-,25+/m0/s1. The Kier molecular flexibility index (Phi) is 9.18. The number of carbonyl (C=O) groups excluding carboxylic acids is 1. The van der Waals surface area contributed by atoms with Gasteiger partial charge in [-0.1, -0.05) is 19.4 Å². The number of hydrogen-bond donors (Lipinski definition) is 3. The van der Waals surface area contributed by atoms with E-state index >= 15 is 0 Å². The number of carboxylic acids is 1. The molecule has 2 aromatic heterocycles. The lowest BCUT2D eigenvalue weighted by molar-refractivity contribution is -0.198. The van der Waals surface area contributed by atoms with E-state index < -0.39 is 30.3 Å². The number of unbranched alkanes of at least 4 members (excludes halogenated alkanes) is 1. The van der Waals surface area contributed by atoms with Gasteiger partial charge in [0.2, 0.25) is 17.9 Å². The van der Waals surface area contributed by atoms with Gasteiger partial charge in [-0.25, -0.2) is 9.48 Å². The molecule has 2 fully saturated rings. The van der Waals surface area contributed by atoms with Crippen LogP contribution in [0.5, 0.6) is 5.88 Å². The molecule has 0 saturated carbocycles. The van der Waals surface area contributed by atoms with E-state index in [0.717, 1.165) is 6.42 Å². The Balaban J connectivity index is 1.42. The van der Waals surface area contributed by atoms with Crippen molar-refractivity contribution in [3.8, 4) is 11.6 Å². The molecule has 45 heavy (non-hydrogen) atoms. The number of nitrogens with two attached hydrogens (primary N) is 1. The van der Waals surface area contributed by atoms with Crippen molar-refractivity contribution in [3.63, 3.8) is 0 Å². The van der Waals surface area contributed by atoms with Crippen LogP contribution < -0.4 is 20.7 Å². The number of piperidine rings is 1. The van der Waals surface area contributed by atoms with E-state index in [-0.39, 0.29) is 40.7 Å². The van der Waals surface area contributed by atoms with Crippen LogP contribution >= 0.6 is 0 Å². The summed E-state index contributed by atoms with van der Waals surface area (Å²) in [5, 5.41) is 16.7. The van der Waals surface area contributed by atoms with Crippen LogP contribution in [0.4, 0.5) is 24.9 Å². The number of nitrogens with zero attached hydrogens (tertiary/aromatic N) is 5. The van der Waals surface area contributed by atoms with Gasteiger partial charge in [-0.05, 0) is 56.2 Å². The third-order valence-corrected chi connectivity index (χ3v) is 8.30. The number of carboxylic acid groups (broad SMARTS) is 1. The summed E-state index contributed by atoms with van der Waals surface area (Å²) < 4.78 is 56.1. The molecule has 2 saturated heterocycles. The summed E-state index contributed by atoms with van der Waals surface area (Å²) in [4.78, 5) is 34.2. The quantitative estimate of drug-likeness (QED) is 0.217. The zero-order valence-corrected chi connectivity index (χ0v) is 25.0. The zero-order valence-electron chi connectivity index (χ0n) is 25.0. The number of carbonyl (C=O) groups is 2. The molecule has 4 heterocycles. The van der Waals surface area contributed by atoms with Crippen LogP contribution in [0.25, 0.3) is 5.69 Å². The Labute approximate surface area is 257 Å². The maximum absolute atomic E-state index is 14.7. The fraction of sp³-hybridized carbons (Fsp3) is 0.500. The summed E-state index contributed by atoms with van der Waals surface area (Å²) in [5.74, 6) is -1.87. The van der Waals surface area contributed by atoms with Crippen molar-refractivity contribution in [2.75, 3.05) is 36.9 Å². The lowest BCUT2D eigenvalue weighted by Crippen LogP contribution is -2.41. The molecular formula is C30H36F3N7O5. The number of alkyl halides is 3. The Bertz CT molecular complexity index is 1540. The van der Waals surface area contributed by atoms with Crippen molar-refractivity contribution in [3.05, 3.63) is 53.3 Å². The maximum Gasteiger partial charge on any atom is 0.429 e. The van der Waals surface area contributed by atoms with Crippen LogP contribution in [-0.4, -0.2) is 75.3 Å². The van der Waals surface area contributed by atoms with E-state index in [2.05, 4.69) is 20.4 Å². The van der Waals surface area contributed by atoms with Crippen molar-refractivity contribution in [2.45, 2.75) is 64.3 Å². The van der Waals surface area contributed by atoms with Crippen molar-refractivity contribution < 1.29 is 37.3 Å². The second kappa shape index (κ2) is 12.9. The molecule has 2 atom stereocenters. The average molecular weight is 632 g/mol. The molecule has 4 N–H and O–H groups in total. The van der Waals surface area contributed by atoms with Gasteiger partial charge in [0, 0.05) is 37.5 Å². The van der Waals surface area contributed by atoms with E-state index in [4.69, 9.17) is 15.2 Å². The molecule has 3 aromatic rings. The molecule has 5 rings (SSSR count). The van der Waals surface area contributed by atoms with Gasteiger partial charge in [0.25, 0.3) is 0 Å². The summed E-state index contributed by atoms with van der Waals surface area (Å²) in [6, 6.07) is 6.09. The Morgan fingerprint density at radius 3 is 2.58 bits per heavy atom. The topological polar surface area (TPSA) is 158 Å². The molecular weight excluding hydrogens is 595 g/mol. The van der Waals surface area contributed by atoms with Crippen LogP contribution in [0.1, 0.15) is 66.7 Å². The number of nitrogen functional groups attached to an aromatic ring is 1. The molecule has 1 aromatic carbocycles. The molecule has 0 aliphatic carbocycles. The molecule has 0 radical (unpaired) electrons. The fourth-order valence-electron chi connectivity index (χ4n) is 5.80. The molecule has 15 heteroatoms. The number of nitrogens with one attached hydrogen (secondary N) is 1. The largest absolute Gasteiger partial charge is 0.480 e. The van der Waals surface area contributed by atoms with Gasteiger partial charge in [0.15, 0.2) is 0 Å². The van der Waals surface area contributed by atoms with Crippen molar-refractivity contribution >= 4 is 23.7 Å². The molecule has 1 spiro atoms. The van der Waals surface area contributed by atoms with Gasteiger partial charge in [-0.15, -0.1) is 0 Å². The minimum Gasteiger partial charge on any atom is -0.480 e. The number of rotatable bonds is 10. The number of ether oxygens (including phenoxy) is 2. The van der Waals surface area contributed by atoms with Crippen LogP contribution in [0.3, 0.4) is 0 Å². The summed E-state index contributed by atoms with van der Waals surface area (Å²) in [6.07, 6.45) is -2.56. The Hall–Kier alpha value is -4.40. The van der Waals surface area contributed by atoms with Gasteiger partial charge in [-0.3, -0.25) is 4.79 Å². The van der Waals surface area contributed by atoms with Crippen LogP contribution in [-0.2, 0) is 9.53 Å². The van der Waals surface area contributed by atoms with Crippen molar-refractivity contribution in [2.24, 2.45) is 5.41 Å². The summed E-state index contributed by atoms with van der Waals surface area (Å²) >= 11 is 0. The summed E-state index contributed by atoms with van der Waals surface area (Å²) in [5.41, 5.74) is 6.09. The van der Waals surface area contributed by atoms with Gasteiger partial charge < -0.3 is 30.5 Å². The van der Waals surface area contributed by atoms with E-state index in [0.29, 0.717) is 56.8 Å². The number of hydrogen-bond acceptors (Lipinski definition) is 10. The highest BCUT2D eigenvalue weighted by Gasteiger charge is 2.46. The van der Waals surface area contributed by atoms with Crippen LogP contribution in [0, 0.1) is 12.3 Å². The molecule has 12 nitrogen and oxygen atoms in total. The first-order chi connectivity index (χ1) is 21.4. The summed E-state index contributed by atoms with van der Waals surface area (Å²) in [7, 11) is 0. The van der Waals surface area contributed by atoms with E-state index in [9.17, 15) is 27.9 Å². The molecule has 0 bridgehead atoms. The monoisotopic (exact) mass is 631 g/mol. The Morgan fingerprint density at radius 2 is 1.96 bits per heavy atom. The minimum absolute atomic E-state index is 0.0104. The Morgan fingerprint density at radius 1 is 1.20 bits per heavy atom. The van der Waals surface area contributed by atoms with Crippen LogP contribution in [0.15, 0.2) is 36.5 Å². The van der Waals surface area contributed by atoms with Crippen LogP contribution in [0.2, 0.25) is 0 Å². The van der Waals surface area contributed by atoms with Gasteiger partial charge in [0.05, 0.1) is 23.6 Å². The van der Waals surface area contributed by atoms with Gasteiger partial charge in [0.1, 0.15) is 11.9 Å². The molecule has 0 unspecified atom stereocenters. The second-order valence-electron chi connectivity index (χ2n) is 11.6. The number of anilines is 2. The highest BCUT2D eigenvalue weighted by Crippen LogP contribution is 2.42. The highest BCUT2D eigenvalue weighted by molar-refractivity contribution is 5.90. The van der Waals surface area contributed by atoms with Gasteiger partial charge >= 0.3 is 18.1 Å². The van der Waals surface area contributed by atoms with E-state index in [1.54, 1.807) is 13.0 Å². The third-order valence-electron chi connectivity index (χ3n) is 8.30.